The fourth-order valence-electron chi connectivity index (χ4n) is 2.32. The van der Waals surface area contributed by atoms with Crippen LogP contribution >= 0.6 is 11.6 Å². The standard InChI is InChI=1S/C15H21ClN2O2/c1-11(2)20-14-7-9-18(10-8-14)15(19)17-13-5-3-12(16)4-6-13/h3-6,11,14H,7-10H2,1-2H3,(H,17,19). The zero-order chi connectivity index (χ0) is 14.5. The number of likely N-dealkylation sites (tertiary alicyclic amines) is 1. The van der Waals surface area contributed by atoms with Crippen molar-refractivity contribution in [2.24, 2.45) is 0 Å². The molecule has 0 aromatic heterocycles. The third kappa shape index (κ3) is 4.39. The minimum atomic E-state index is -0.0599. The molecule has 0 unspecified atom stereocenters. The maximum Gasteiger partial charge on any atom is 0.321 e. The maximum atomic E-state index is 12.1. The zero-order valence-electron chi connectivity index (χ0n) is 11.9. The van der Waals surface area contributed by atoms with Crippen LogP contribution in [0.1, 0.15) is 26.7 Å². The van der Waals surface area contributed by atoms with Gasteiger partial charge in [-0.05, 0) is 51.0 Å². The Labute approximate surface area is 125 Å². The lowest BCUT2D eigenvalue weighted by molar-refractivity contribution is -0.0204. The van der Waals surface area contributed by atoms with Gasteiger partial charge in [0.05, 0.1) is 12.2 Å². The summed E-state index contributed by atoms with van der Waals surface area (Å²) in [5.41, 5.74) is 0.764. The Balaban J connectivity index is 1.81. The first-order valence-corrected chi connectivity index (χ1v) is 7.39. The molecule has 4 nitrogen and oxygen atoms in total. The van der Waals surface area contributed by atoms with Gasteiger partial charge in [0.25, 0.3) is 0 Å². The van der Waals surface area contributed by atoms with Crippen LogP contribution in [0.2, 0.25) is 5.02 Å². The van der Waals surface area contributed by atoms with Crippen LogP contribution in [0.25, 0.3) is 0 Å². The van der Waals surface area contributed by atoms with Crippen LogP contribution in [0.15, 0.2) is 24.3 Å². The number of hydrogen-bond acceptors (Lipinski definition) is 2. The normalized spacial score (nSPS) is 16.5. The summed E-state index contributed by atoms with van der Waals surface area (Å²) in [5.74, 6) is 0. The second-order valence-electron chi connectivity index (χ2n) is 5.31. The number of carbonyl (C=O) groups excluding carboxylic acids is 1. The van der Waals surface area contributed by atoms with Gasteiger partial charge in [-0.15, -0.1) is 0 Å². The van der Waals surface area contributed by atoms with Crippen molar-refractivity contribution in [2.45, 2.75) is 38.9 Å². The Morgan fingerprint density at radius 1 is 1.30 bits per heavy atom. The van der Waals surface area contributed by atoms with E-state index in [1.165, 1.54) is 0 Å². The van der Waals surface area contributed by atoms with Gasteiger partial charge in [0.1, 0.15) is 0 Å². The van der Waals surface area contributed by atoms with Crippen molar-refractivity contribution >= 4 is 23.3 Å². The van der Waals surface area contributed by atoms with Gasteiger partial charge in [-0.1, -0.05) is 11.6 Å². The number of ether oxygens (including phenoxy) is 1. The number of hydrogen-bond donors (Lipinski definition) is 1. The smallest absolute Gasteiger partial charge is 0.321 e. The summed E-state index contributed by atoms with van der Waals surface area (Å²) >= 11 is 5.82. The van der Waals surface area contributed by atoms with Gasteiger partial charge in [-0.3, -0.25) is 0 Å². The van der Waals surface area contributed by atoms with Crippen LogP contribution in [0.3, 0.4) is 0 Å². The molecule has 0 spiro atoms. The van der Waals surface area contributed by atoms with E-state index < -0.39 is 0 Å². The van der Waals surface area contributed by atoms with E-state index in [9.17, 15) is 4.79 Å². The quantitative estimate of drug-likeness (QED) is 0.922. The van der Waals surface area contributed by atoms with Gasteiger partial charge in [0, 0.05) is 23.8 Å². The van der Waals surface area contributed by atoms with Crippen molar-refractivity contribution in [2.75, 3.05) is 18.4 Å². The zero-order valence-corrected chi connectivity index (χ0v) is 12.7. The Hall–Kier alpha value is -1.26. The minimum absolute atomic E-state index is 0.0599. The largest absolute Gasteiger partial charge is 0.375 e. The van der Waals surface area contributed by atoms with Gasteiger partial charge < -0.3 is 15.0 Å². The van der Waals surface area contributed by atoms with Crippen LogP contribution in [-0.2, 0) is 4.74 Å². The summed E-state index contributed by atoms with van der Waals surface area (Å²) in [4.78, 5) is 14.0. The topological polar surface area (TPSA) is 41.6 Å². The highest BCUT2D eigenvalue weighted by Gasteiger charge is 2.23. The molecule has 0 atom stereocenters. The van der Waals surface area contributed by atoms with Crippen molar-refractivity contribution in [3.05, 3.63) is 29.3 Å². The van der Waals surface area contributed by atoms with E-state index in [1.807, 2.05) is 18.7 Å². The Morgan fingerprint density at radius 3 is 2.45 bits per heavy atom. The lowest BCUT2D eigenvalue weighted by Crippen LogP contribution is -2.43. The molecule has 1 saturated heterocycles. The molecule has 110 valence electrons. The molecule has 1 fully saturated rings. The van der Waals surface area contributed by atoms with Crippen molar-refractivity contribution in [1.29, 1.82) is 0 Å². The number of halogens is 1. The molecule has 0 aliphatic carbocycles. The van der Waals surface area contributed by atoms with E-state index in [0.29, 0.717) is 5.02 Å². The molecule has 0 radical (unpaired) electrons. The number of piperidine rings is 1. The Bertz CT molecular complexity index is 440. The molecule has 1 heterocycles. The van der Waals surface area contributed by atoms with Gasteiger partial charge in [0.2, 0.25) is 0 Å². The molecular formula is C15H21ClN2O2. The lowest BCUT2D eigenvalue weighted by Gasteiger charge is -2.32. The molecule has 0 saturated carbocycles. The van der Waals surface area contributed by atoms with Gasteiger partial charge in [-0.25, -0.2) is 4.79 Å². The number of nitrogens with one attached hydrogen (secondary N) is 1. The van der Waals surface area contributed by atoms with Crippen molar-refractivity contribution in [1.82, 2.24) is 4.90 Å². The average molecular weight is 297 g/mol. The van der Waals surface area contributed by atoms with E-state index in [-0.39, 0.29) is 18.2 Å². The number of benzene rings is 1. The van der Waals surface area contributed by atoms with Crippen LogP contribution in [0.4, 0.5) is 10.5 Å². The fourth-order valence-corrected chi connectivity index (χ4v) is 2.44. The highest BCUT2D eigenvalue weighted by atomic mass is 35.5. The highest BCUT2D eigenvalue weighted by molar-refractivity contribution is 6.30. The van der Waals surface area contributed by atoms with E-state index in [1.54, 1.807) is 24.3 Å². The number of amides is 2. The molecule has 1 N–H and O–H groups in total. The Morgan fingerprint density at radius 2 is 1.90 bits per heavy atom. The second-order valence-corrected chi connectivity index (χ2v) is 5.74. The van der Waals surface area contributed by atoms with Crippen molar-refractivity contribution in [3.8, 4) is 0 Å². The summed E-state index contributed by atoms with van der Waals surface area (Å²) in [6, 6.07) is 7.07. The van der Waals surface area contributed by atoms with Crippen LogP contribution in [0.5, 0.6) is 0 Å². The molecule has 1 aromatic rings. The fraction of sp³-hybridized carbons (Fsp3) is 0.533. The molecule has 2 rings (SSSR count). The highest BCUT2D eigenvalue weighted by Crippen LogP contribution is 2.18. The van der Waals surface area contributed by atoms with E-state index in [0.717, 1.165) is 31.6 Å². The van der Waals surface area contributed by atoms with E-state index in [4.69, 9.17) is 16.3 Å². The average Bonchev–Trinajstić information content (AvgIpc) is 2.41. The second kappa shape index (κ2) is 6.95. The van der Waals surface area contributed by atoms with Gasteiger partial charge in [0.15, 0.2) is 0 Å². The predicted molar refractivity (Wildman–Crippen MR) is 81.3 cm³/mol. The third-order valence-corrected chi connectivity index (χ3v) is 3.54. The van der Waals surface area contributed by atoms with E-state index >= 15 is 0 Å². The van der Waals surface area contributed by atoms with Gasteiger partial charge in [-0.2, -0.15) is 0 Å². The summed E-state index contributed by atoms with van der Waals surface area (Å²) in [5, 5.41) is 3.54. The SMILES string of the molecule is CC(C)OC1CCN(C(=O)Nc2ccc(Cl)cc2)CC1. The van der Waals surface area contributed by atoms with Crippen LogP contribution in [0, 0.1) is 0 Å². The molecule has 1 aliphatic rings. The predicted octanol–water partition coefficient (Wildman–Crippen LogP) is 3.76. The molecule has 1 aliphatic heterocycles. The number of rotatable bonds is 3. The summed E-state index contributed by atoms with van der Waals surface area (Å²) in [7, 11) is 0. The van der Waals surface area contributed by atoms with Crippen LogP contribution < -0.4 is 5.32 Å². The molecule has 20 heavy (non-hydrogen) atoms. The Kier molecular flexibility index (Phi) is 5.26. The minimum Gasteiger partial charge on any atom is -0.375 e. The van der Waals surface area contributed by atoms with Gasteiger partial charge >= 0.3 is 6.03 Å². The van der Waals surface area contributed by atoms with Crippen LogP contribution in [-0.4, -0.2) is 36.2 Å². The molecule has 0 bridgehead atoms. The third-order valence-electron chi connectivity index (χ3n) is 3.29. The lowest BCUT2D eigenvalue weighted by atomic mass is 10.1. The first kappa shape index (κ1) is 15.1. The summed E-state index contributed by atoms with van der Waals surface area (Å²) in [6.07, 6.45) is 2.31. The monoisotopic (exact) mass is 296 g/mol. The number of urea groups is 1. The summed E-state index contributed by atoms with van der Waals surface area (Å²) < 4.78 is 5.78. The van der Waals surface area contributed by atoms with E-state index in [2.05, 4.69) is 5.32 Å². The van der Waals surface area contributed by atoms with Crippen molar-refractivity contribution in [3.63, 3.8) is 0 Å². The number of carbonyl (C=O) groups is 1. The first-order chi connectivity index (χ1) is 9.54. The number of anilines is 1. The molecular weight excluding hydrogens is 276 g/mol. The maximum absolute atomic E-state index is 12.1. The first-order valence-electron chi connectivity index (χ1n) is 7.01. The molecule has 2 amide bonds. The molecule has 5 heteroatoms. The van der Waals surface area contributed by atoms with Crippen molar-refractivity contribution < 1.29 is 9.53 Å². The molecule has 1 aromatic carbocycles. The summed E-state index contributed by atoms with van der Waals surface area (Å²) in [6.45, 7) is 5.55. The number of nitrogens with zero attached hydrogens (tertiary/aromatic N) is 1.